The van der Waals surface area contributed by atoms with Gasteiger partial charge in [-0.05, 0) is 37.0 Å². The molecule has 1 aromatic carbocycles. The first-order valence-corrected chi connectivity index (χ1v) is 8.95. The number of fused-ring (bicyclic) bond motifs is 1. The lowest BCUT2D eigenvalue weighted by atomic mass is 10.1. The van der Waals surface area contributed by atoms with Crippen molar-refractivity contribution in [1.29, 1.82) is 0 Å². The fourth-order valence-corrected chi connectivity index (χ4v) is 4.17. The molecule has 0 spiro atoms. The van der Waals surface area contributed by atoms with Gasteiger partial charge in [0.15, 0.2) is 0 Å². The van der Waals surface area contributed by atoms with Crippen LogP contribution in [0.3, 0.4) is 0 Å². The lowest BCUT2D eigenvalue weighted by molar-refractivity contribution is 0.171. The van der Waals surface area contributed by atoms with Crippen molar-refractivity contribution in [3.05, 3.63) is 36.0 Å². The van der Waals surface area contributed by atoms with Gasteiger partial charge in [0.1, 0.15) is 22.7 Å². The second kappa shape index (κ2) is 6.37. The third kappa shape index (κ3) is 2.72. The van der Waals surface area contributed by atoms with E-state index in [9.17, 15) is 5.11 Å². The van der Waals surface area contributed by atoms with Crippen LogP contribution in [-0.4, -0.2) is 34.3 Å². The molecule has 1 fully saturated rings. The number of aliphatic hydroxyl groups is 1. The zero-order valence-corrected chi connectivity index (χ0v) is 14.2. The van der Waals surface area contributed by atoms with E-state index in [4.69, 9.17) is 4.74 Å². The molecule has 0 aliphatic heterocycles. The summed E-state index contributed by atoms with van der Waals surface area (Å²) in [5, 5.41) is 16.7. The van der Waals surface area contributed by atoms with Crippen molar-refractivity contribution >= 4 is 27.4 Å². The molecule has 4 rings (SSSR count). The van der Waals surface area contributed by atoms with Gasteiger partial charge in [-0.3, -0.25) is 0 Å². The monoisotopic (exact) mass is 341 g/mol. The van der Waals surface area contributed by atoms with Gasteiger partial charge in [0.25, 0.3) is 0 Å². The van der Waals surface area contributed by atoms with Crippen LogP contribution >= 0.6 is 11.3 Å². The van der Waals surface area contributed by atoms with Crippen LogP contribution in [0.4, 0.5) is 5.82 Å². The van der Waals surface area contributed by atoms with Crippen molar-refractivity contribution < 1.29 is 9.84 Å². The maximum Gasteiger partial charge on any atom is 0.139 e. The van der Waals surface area contributed by atoms with Gasteiger partial charge in [0, 0.05) is 10.9 Å². The number of hydrogen-bond acceptors (Lipinski definition) is 6. The topological polar surface area (TPSA) is 67.3 Å². The number of ether oxygens (including phenoxy) is 1. The summed E-state index contributed by atoms with van der Waals surface area (Å²) in [5.41, 5.74) is 2.21. The second-order valence-electron chi connectivity index (χ2n) is 6.03. The van der Waals surface area contributed by atoms with Crippen molar-refractivity contribution in [2.24, 2.45) is 0 Å². The summed E-state index contributed by atoms with van der Waals surface area (Å²) < 4.78 is 5.24. The van der Waals surface area contributed by atoms with E-state index in [0.29, 0.717) is 0 Å². The minimum Gasteiger partial charge on any atom is -0.497 e. The molecule has 0 saturated heterocycles. The lowest BCUT2D eigenvalue weighted by Gasteiger charge is -2.18. The van der Waals surface area contributed by atoms with Crippen LogP contribution in [0.2, 0.25) is 0 Å². The van der Waals surface area contributed by atoms with E-state index >= 15 is 0 Å². The summed E-state index contributed by atoms with van der Waals surface area (Å²) in [6.07, 6.45) is 4.14. The SMILES string of the molecule is COc1ccc(-c2csc3ncnc(N[C@H]4CCC[C@@H]4O)c23)cc1. The van der Waals surface area contributed by atoms with Gasteiger partial charge < -0.3 is 15.2 Å². The van der Waals surface area contributed by atoms with E-state index in [1.807, 2.05) is 24.3 Å². The Labute approximate surface area is 144 Å². The van der Waals surface area contributed by atoms with Crippen LogP contribution in [0.5, 0.6) is 5.75 Å². The average molecular weight is 341 g/mol. The summed E-state index contributed by atoms with van der Waals surface area (Å²) in [5.74, 6) is 1.64. The maximum absolute atomic E-state index is 10.1. The van der Waals surface area contributed by atoms with Crippen molar-refractivity contribution in [3.8, 4) is 16.9 Å². The van der Waals surface area contributed by atoms with Crippen molar-refractivity contribution in [2.45, 2.75) is 31.4 Å². The third-order valence-corrected chi connectivity index (χ3v) is 5.46. The molecule has 124 valence electrons. The normalized spacial score (nSPS) is 20.4. The molecule has 0 amide bonds. The summed E-state index contributed by atoms with van der Waals surface area (Å²) in [7, 11) is 1.66. The number of aromatic nitrogens is 2. The van der Waals surface area contributed by atoms with E-state index in [2.05, 4.69) is 20.7 Å². The number of hydrogen-bond donors (Lipinski definition) is 2. The molecule has 2 heterocycles. The fourth-order valence-electron chi connectivity index (χ4n) is 3.25. The maximum atomic E-state index is 10.1. The highest BCUT2D eigenvalue weighted by molar-refractivity contribution is 7.17. The Balaban J connectivity index is 1.76. The first-order valence-electron chi connectivity index (χ1n) is 8.07. The fraction of sp³-hybridized carbons (Fsp3) is 0.333. The molecule has 1 saturated carbocycles. The van der Waals surface area contributed by atoms with E-state index in [1.54, 1.807) is 24.8 Å². The number of anilines is 1. The Morgan fingerprint density at radius 1 is 1.21 bits per heavy atom. The molecule has 0 unspecified atom stereocenters. The number of methoxy groups -OCH3 is 1. The molecular weight excluding hydrogens is 322 g/mol. The van der Waals surface area contributed by atoms with E-state index in [0.717, 1.165) is 52.2 Å². The minimum atomic E-state index is -0.307. The molecule has 2 aromatic heterocycles. The lowest BCUT2D eigenvalue weighted by Crippen LogP contribution is -2.28. The Hall–Kier alpha value is -2.18. The van der Waals surface area contributed by atoms with Crippen molar-refractivity contribution in [2.75, 3.05) is 12.4 Å². The number of nitrogens with zero attached hydrogens (tertiary/aromatic N) is 2. The number of rotatable bonds is 4. The van der Waals surface area contributed by atoms with E-state index in [1.165, 1.54) is 0 Å². The molecule has 2 atom stereocenters. The predicted molar refractivity (Wildman–Crippen MR) is 96.7 cm³/mol. The van der Waals surface area contributed by atoms with Crippen LogP contribution in [0, 0.1) is 0 Å². The second-order valence-corrected chi connectivity index (χ2v) is 6.89. The molecule has 6 heteroatoms. The highest BCUT2D eigenvalue weighted by atomic mass is 32.1. The highest BCUT2D eigenvalue weighted by Crippen LogP contribution is 2.37. The number of benzene rings is 1. The molecule has 24 heavy (non-hydrogen) atoms. The van der Waals surface area contributed by atoms with Crippen LogP contribution in [0.25, 0.3) is 21.3 Å². The van der Waals surface area contributed by atoms with Crippen molar-refractivity contribution in [3.63, 3.8) is 0 Å². The Bertz CT molecular complexity index is 847. The number of nitrogens with one attached hydrogen (secondary N) is 1. The van der Waals surface area contributed by atoms with Gasteiger partial charge in [-0.15, -0.1) is 11.3 Å². The van der Waals surface area contributed by atoms with Crippen LogP contribution in [0.15, 0.2) is 36.0 Å². The molecule has 0 bridgehead atoms. The zero-order chi connectivity index (χ0) is 16.5. The molecule has 0 radical (unpaired) electrons. The van der Waals surface area contributed by atoms with Gasteiger partial charge in [0.05, 0.1) is 24.6 Å². The first-order chi connectivity index (χ1) is 11.8. The van der Waals surface area contributed by atoms with Gasteiger partial charge in [-0.2, -0.15) is 0 Å². The summed E-state index contributed by atoms with van der Waals surface area (Å²) in [6, 6.07) is 8.06. The molecule has 1 aliphatic carbocycles. The molecule has 5 nitrogen and oxygen atoms in total. The average Bonchev–Trinajstić information content (AvgIpc) is 3.22. The quantitative estimate of drug-likeness (QED) is 0.757. The predicted octanol–water partition coefficient (Wildman–Crippen LogP) is 3.69. The standard InChI is InChI=1S/C18H19N3O2S/c1-23-12-7-5-11(6-8-12)13-9-24-18-16(13)17(19-10-20-18)21-14-3-2-4-15(14)22/h5-10,14-15,22H,2-4H2,1H3,(H,19,20,21)/t14-,15-/m0/s1. The summed E-state index contributed by atoms with van der Waals surface area (Å²) in [6.45, 7) is 0. The Kier molecular flexibility index (Phi) is 4.08. The Morgan fingerprint density at radius 2 is 2.04 bits per heavy atom. The third-order valence-electron chi connectivity index (χ3n) is 4.57. The van der Waals surface area contributed by atoms with Crippen LogP contribution < -0.4 is 10.1 Å². The van der Waals surface area contributed by atoms with E-state index < -0.39 is 0 Å². The Morgan fingerprint density at radius 3 is 2.75 bits per heavy atom. The minimum absolute atomic E-state index is 0.0618. The summed E-state index contributed by atoms with van der Waals surface area (Å²) in [4.78, 5) is 9.79. The number of aliphatic hydroxyl groups excluding tert-OH is 1. The number of thiophene rings is 1. The molecule has 3 aromatic rings. The molecule has 2 N–H and O–H groups in total. The first kappa shape index (κ1) is 15.4. The zero-order valence-electron chi connectivity index (χ0n) is 13.4. The van der Waals surface area contributed by atoms with E-state index in [-0.39, 0.29) is 12.1 Å². The van der Waals surface area contributed by atoms with Gasteiger partial charge in [-0.25, -0.2) is 9.97 Å². The highest BCUT2D eigenvalue weighted by Gasteiger charge is 2.26. The van der Waals surface area contributed by atoms with Gasteiger partial charge >= 0.3 is 0 Å². The smallest absolute Gasteiger partial charge is 0.139 e. The molecule has 1 aliphatic rings. The van der Waals surface area contributed by atoms with Crippen LogP contribution in [0.1, 0.15) is 19.3 Å². The molecular formula is C18H19N3O2S. The van der Waals surface area contributed by atoms with Crippen molar-refractivity contribution in [1.82, 2.24) is 9.97 Å². The summed E-state index contributed by atoms with van der Waals surface area (Å²) >= 11 is 1.61. The van der Waals surface area contributed by atoms with Gasteiger partial charge in [-0.1, -0.05) is 12.1 Å². The van der Waals surface area contributed by atoms with Crippen LogP contribution in [-0.2, 0) is 0 Å². The van der Waals surface area contributed by atoms with Gasteiger partial charge in [0.2, 0.25) is 0 Å². The largest absolute Gasteiger partial charge is 0.497 e.